The molecule has 0 bridgehead atoms. The molecule has 0 saturated carbocycles. The summed E-state index contributed by atoms with van der Waals surface area (Å²) in [5.41, 5.74) is 2.55. The van der Waals surface area contributed by atoms with Gasteiger partial charge in [-0.25, -0.2) is 4.68 Å². The average molecular weight is 328 g/mol. The zero-order valence-electron chi connectivity index (χ0n) is 13.7. The Labute approximate surface area is 140 Å². The molecule has 2 aromatic rings. The predicted octanol–water partition coefficient (Wildman–Crippen LogP) is 0.768. The summed E-state index contributed by atoms with van der Waals surface area (Å²) < 4.78 is 7.17. The van der Waals surface area contributed by atoms with Crippen LogP contribution in [0.15, 0.2) is 36.7 Å². The number of rotatable bonds is 3. The predicted molar refractivity (Wildman–Crippen MR) is 88.0 cm³/mol. The van der Waals surface area contributed by atoms with E-state index in [2.05, 4.69) is 10.4 Å². The molecule has 1 aromatic carbocycles. The highest BCUT2D eigenvalue weighted by Crippen LogP contribution is 2.14. The SMILES string of the molecule is CNC(=O)C1CN(C(=O)c2ccc(-n3cc(C)cn3)cc2)CCO1. The Morgan fingerprint density at radius 2 is 2.04 bits per heavy atom. The Bertz CT molecular complexity index is 739. The van der Waals surface area contributed by atoms with Crippen molar-refractivity contribution in [3.63, 3.8) is 0 Å². The Morgan fingerprint density at radius 3 is 2.67 bits per heavy atom. The van der Waals surface area contributed by atoms with Gasteiger partial charge in [0.1, 0.15) is 0 Å². The van der Waals surface area contributed by atoms with E-state index >= 15 is 0 Å². The van der Waals surface area contributed by atoms with Gasteiger partial charge in [0.15, 0.2) is 6.10 Å². The molecule has 0 aliphatic carbocycles. The summed E-state index contributed by atoms with van der Waals surface area (Å²) in [6.07, 6.45) is 3.09. The van der Waals surface area contributed by atoms with E-state index in [1.165, 1.54) is 0 Å². The number of amides is 2. The van der Waals surface area contributed by atoms with Crippen LogP contribution < -0.4 is 5.32 Å². The molecule has 1 aliphatic heterocycles. The minimum absolute atomic E-state index is 0.101. The number of ether oxygens (including phenoxy) is 1. The lowest BCUT2D eigenvalue weighted by atomic mass is 10.1. The summed E-state index contributed by atoms with van der Waals surface area (Å²) in [4.78, 5) is 26.0. The largest absolute Gasteiger partial charge is 0.365 e. The van der Waals surface area contributed by atoms with Crippen LogP contribution in [0.4, 0.5) is 0 Å². The Kier molecular flexibility index (Phi) is 4.61. The first-order chi connectivity index (χ1) is 11.6. The molecule has 1 atom stereocenters. The molecule has 3 rings (SSSR count). The second-order valence-corrected chi connectivity index (χ2v) is 5.73. The van der Waals surface area contributed by atoms with Crippen molar-refractivity contribution < 1.29 is 14.3 Å². The van der Waals surface area contributed by atoms with E-state index in [0.717, 1.165) is 11.3 Å². The lowest BCUT2D eigenvalue weighted by molar-refractivity contribution is -0.136. The number of nitrogens with one attached hydrogen (secondary N) is 1. The molecule has 126 valence electrons. The first-order valence-corrected chi connectivity index (χ1v) is 7.82. The summed E-state index contributed by atoms with van der Waals surface area (Å²) >= 11 is 0. The summed E-state index contributed by atoms with van der Waals surface area (Å²) in [5, 5.41) is 6.80. The molecule has 7 nitrogen and oxygen atoms in total. The molecule has 1 fully saturated rings. The van der Waals surface area contributed by atoms with Crippen molar-refractivity contribution in [2.75, 3.05) is 26.7 Å². The van der Waals surface area contributed by atoms with Gasteiger partial charge in [0.2, 0.25) is 0 Å². The van der Waals surface area contributed by atoms with Gasteiger partial charge in [0, 0.05) is 25.4 Å². The van der Waals surface area contributed by atoms with Gasteiger partial charge in [0.05, 0.1) is 25.0 Å². The van der Waals surface area contributed by atoms with E-state index < -0.39 is 6.10 Å². The quantitative estimate of drug-likeness (QED) is 0.903. The van der Waals surface area contributed by atoms with Crippen molar-refractivity contribution in [1.82, 2.24) is 20.0 Å². The summed E-state index contributed by atoms with van der Waals surface area (Å²) in [6.45, 7) is 3.07. The molecule has 1 aromatic heterocycles. The summed E-state index contributed by atoms with van der Waals surface area (Å²) in [7, 11) is 1.56. The number of morpholine rings is 1. The third-order valence-corrected chi connectivity index (χ3v) is 3.98. The fraction of sp³-hybridized carbons (Fsp3) is 0.353. The van der Waals surface area contributed by atoms with Gasteiger partial charge in [-0.2, -0.15) is 5.10 Å². The minimum Gasteiger partial charge on any atom is -0.365 e. The topological polar surface area (TPSA) is 76.5 Å². The van der Waals surface area contributed by atoms with Crippen LogP contribution in [0.1, 0.15) is 15.9 Å². The molecule has 1 saturated heterocycles. The number of hydrogen-bond donors (Lipinski definition) is 1. The van der Waals surface area contributed by atoms with Gasteiger partial charge in [-0.3, -0.25) is 9.59 Å². The standard InChI is InChI=1S/C17H20N4O3/c1-12-9-19-21(10-12)14-5-3-13(4-6-14)17(23)20-7-8-24-15(11-20)16(22)18-2/h3-6,9-10,15H,7-8,11H2,1-2H3,(H,18,22). The van der Waals surface area contributed by atoms with Crippen LogP contribution in [0.3, 0.4) is 0 Å². The molecular formula is C17H20N4O3. The van der Waals surface area contributed by atoms with Crippen LogP contribution in [0, 0.1) is 6.92 Å². The van der Waals surface area contributed by atoms with Gasteiger partial charge >= 0.3 is 0 Å². The summed E-state index contributed by atoms with van der Waals surface area (Å²) in [6, 6.07) is 7.27. The van der Waals surface area contributed by atoms with Crippen LogP contribution in [-0.4, -0.2) is 59.3 Å². The van der Waals surface area contributed by atoms with E-state index in [1.54, 1.807) is 35.0 Å². The molecule has 1 unspecified atom stereocenters. The number of carbonyl (C=O) groups excluding carboxylic acids is 2. The smallest absolute Gasteiger partial charge is 0.254 e. The maximum Gasteiger partial charge on any atom is 0.254 e. The van der Waals surface area contributed by atoms with Crippen molar-refractivity contribution in [2.24, 2.45) is 0 Å². The van der Waals surface area contributed by atoms with E-state index in [9.17, 15) is 9.59 Å². The third-order valence-electron chi connectivity index (χ3n) is 3.98. The van der Waals surface area contributed by atoms with Crippen LogP contribution in [0.2, 0.25) is 0 Å². The highest BCUT2D eigenvalue weighted by molar-refractivity contribution is 5.95. The van der Waals surface area contributed by atoms with Gasteiger partial charge < -0.3 is 15.0 Å². The average Bonchev–Trinajstić information content (AvgIpc) is 3.07. The van der Waals surface area contributed by atoms with Crippen molar-refractivity contribution >= 4 is 11.8 Å². The zero-order chi connectivity index (χ0) is 17.1. The number of nitrogens with zero attached hydrogens (tertiary/aromatic N) is 3. The van der Waals surface area contributed by atoms with E-state index in [4.69, 9.17) is 4.74 Å². The van der Waals surface area contributed by atoms with Crippen LogP contribution in [0.5, 0.6) is 0 Å². The normalized spacial score (nSPS) is 17.6. The maximum absolute atomic E-state index is 12.6. The fourth-order valence-corrected chi connectivity index (χ4v) is 2.65. The van der Waals surface area contributed by atoms with Crippen molar-refractivity contribution in [3.8, 4) is 5.69 Å². The van der Waals surface area contributed by atoms with Crippen molar-refractivity contribution in [2.45, 2.75) is 13.0 Å². The Hall–Kier alpha value is -2.67. The maximum atomic E-state index is 12.6. The minimum atomic E-state index is -0.612. The van der Waals surface area contributed by atoms with Gasteiger partial charge in [-0.05, 0) is 36.8 Å². The van der Waals surface area contributed by atoms with Crippen molar-refractivity contribution in [1.29, 1.82) is 0 Å². The third kappa shape index (κ3) is 3.30. The number of likely N-dealkylation sites (N-methyl/N-ethyl adjacent to an activating group) is 1. The fourth-order valence-electron chi connectivity index (χ4n) is 2.65. The lowest BCUT2D eigenvalue weighted by Crippen LogP contribution is -2.51. The molecule has 2 heterocycles. The zero-order valence-corrected chi connectivity index (χ0v) is 13.7. The van der Waals surface area contributed by atoms with E-state index in [0.29, 0.717) is 18.7 Å². The van der Waals surface area contributed by atoms with Crippen LogP contribution in [0.25, 0.3) is 5.69 Å². The van der Waals surface area contributed by atoms with Gasteiger partial charge in [0.25, 0.3) is 11.8 Å². The van der Waals surface area contributed by atoms with Crippen LogP contribution in [-0.2, 0) is 9.53 Å². The Balaban J connectivity index is 1.71. The number of carbonyl (C=O) groups is 2. The first kappa shape index (κ1) is 16.2. The van der Waals surface area contributed by atoms with Gasteiger partial charge in [-0.1, -0.05) is 0 Å². The molecule has 0 spiro atoms. The summed E-state index contributed by atoms with van der Waals surface area (Å²) in [5.74, 6) is -0.313. The number of aromatic nitrogens is 2. The highest BCUT2D eigenvalue weighted by Gasteiger charge is 2.29. The second-order valence-electron chi connectivity index (χ2n) is 5.73. The highest BCUT2D eigenvalue weighted by atomic mass is 16.5. The first-order valence-electron chi connectivity index (χ1n) is 7.82. The molecule has 24 heavy (non-hydrogen) atoms. The molecule has 7 heteroatoms. The molecular weight excluding hydrogens is 308 g/mol. The monoisotopic (exact) mass is 328 g/mol. The molecule has 1 aliphatic rings. The molecule has 2 amide bonds. The Morgan fingerprint density at radius 1 is 1.29 bits per heavy atom. The number of hydrogen-bond acceptors (Lipinski definition) is 4. The van der Waals surface area contributed by atoms with Crippen LogP contribution >= 0.6 is 0 Å². The second kappa shape index (κ2) is 6.84. The number of benzene rings is 1. The molecule has 0 radical (unpaired) electrons. The molecule has 1 N–H and O–H groups in total. The van der Waals surface area contributed by atoms with Gasteiger partial charge in [-0.15, -0.1) is 0 Å². The lowest BCUT2D eigenvalue weighted by Gasteiger charge is -2.32. The van der Waals surface area contributed by atoms with E-state index in [-0.39, 0.29) is 18.4 Å². The van der Waals surface area contributed by atoms with E-state index in [1.807, 2.05) is 25.3 Å². The number of aryl methyl sites for hydroxylation is 1. The van der Waals surface area contributed by atoms with Crippen molar-refractivity contribution in [3.05, 3.63) is 47.8 Å².